The van der Waals surface area contributed by atoms with E-state index in [-0.39, 0.29) is 18.2 Å². The van der Waals surface area contributed by atoms with E-state index in [1.54, 1.807) is 24.3 Å². The van der Waals surface area contributed by atoms with E-state index in [4.69, 9.17) is 0 Å². The van der Waals surface area contributed by atoms with Crippen LogP contribution in [0, 0.1) is 11.8 Å². The molecular weight excluding hydrogens is 320 g/mol. The van der Waals surface area contributed by atoms with Crippen LogP contribution in [0.25, 0.3) is 10.2 Å². The average Bonchev–Trinajstić information content (AvgIpc) is 3.03. The van der Waals surface area contributed by atoms with Gasteiger partial charge in [-0.05, 0) is 31.2 Å². The molecule has 0 radical (unpaired) electrons. The van der Waals surface area contributed by atoms with E-state index in [0.717, 1.165) is 15.8 Å². The van der Waals surface area contributed by atoms with Gasteiger partial charge in [-0.15, -0.1) is 11.3 Å². The number of aromatic nitrogens is 1. The number of nitrogens with zero attached hydrogens (tertiary/aromatic N) is 1. The molecule has 0 saturated carbocycles. The number of carbonyl (C=O) groups is 2. The van der Waals surface area contributed by atoms with Gasteiger partial charge in [-0.25, -0.2) is 4.98 Å². The molecule has 1 heterocycles. The van der Waals surface area contributed by atoms with Crippen LogP contribution in [0.1, 0.15) is 32.6 Å². The van der Waals surface area contributed by atoms with Crippen molar-refractivity contribution in [1.29, 1.82) is 0 Å². The van der Waals surface area contributed by atoms with E-state index in [2.05, 4.69) is 22.1 Å². The lowest BCUT2D eigenvalue weighted by Gasteiger charge is -1.96. The SMILES string of the molecule is CC(=O)c1ccc(C#CCNC(=O)c2nc3ccccc3s2)cc1. The number of nitrogens with one attached hydrogen (secondary N) is 1. The highest BCUT2D eigenvalue weighted by Gasteiger charge is 2.10. The van der Waals surface area contributed by atoms with Crippen molar-refractivity contribution >= 4 is 33.2 Å². The fourth-order valence-electron chi connectivity index (χ4n) is 2.10. The van der Waals surface area contributed by atoms with E-state index in [0.29, 0.717) is 10.6 Å². The van der Waals surface area contributed by atoms with Gasteiger partial charge in [0, 0.05) is 11.1 Å². The predicted octanol–water partition coefficient (Wildman–Crippen LogP) is 3.28. The number of fused-ring (bicyclic) bond motifs is 1. The zero-order chi connectivity index (χ0) is 16.9. The Morgan fingerprint density at radius 2 is 1.88 bits per heavy atom. The van der Waals surface area contributed by atoms with Crippen molar-refractivity contribution in [2.24, 2.45) is 0 Å². The largest absolute Gasteiger partial charge is 0.339 e. The number of rotatable bonds is 3. The van der Waals surface area contributed by atoms with Gasteiger partial charge in [0.1, 0.15) is 0 Å². The van der Waals surface area contributed by atoms with Crippen molar-refractivity contribution in [1.82, 2.24) is 10.3 Å². The molecule has 0 aliphatic carbocycles. The van der Waals surface area contributed by atoms with Crippen LogP contribution in [0.4, 0.5) is 0 Å². The van der Waals surface area contributed by atoms with Gasteiger partial charge in [0.05, 0.1) is 16.8 Å². The second-order valence-electron chi connectivity index (χ2n) is 5.10. The molecule has 1 amide bonds. The maximum absolute atomic E-state index is 12.1. The standard InChI is InChI=1S/C19H14N2O2S/c1-13(22)15-10-8-14(9-11-15)5-4-12-20-18(23)19-21-16-6-2-3-7-17(16)24-19/h2-3,6-11H,12H2,1H3,(H,20,23). The van der Waals surface area contributed by atoms with Crippen LogP contribution in [0.3, 0.4) is 0 Å². The van der Waals surface area contributed by atoms with E-state index in [1.165, 1.54) is 18.3 Å². The Balaban J connectivity index is 1.60. The first-order valence-electron chi connectivity index (χ1n) is 7.37. The predicted molar refractivity (Wildman–Crippen MR) is 95.3 cm³/mol. The summed E-state index contributed by atoms with van der Waals surface area (Å²) in [7, 11) is 0. The minimum absolute atomic E-state index is 0.0256. The zero-order valence-corrected chi connectivity index (χ0v) is 13.8. The van der Waals surface area contributed by atoms with Crippen LogP contribution in [-0.2, 0) is 0 Å². The summed E-state index contributed by atoms with van der Waals surface area (Å²) in [5.41, 5.74) is 2.28. The number of amides is 1. The van der Waals surface area contributed by atoms with Crippen LogP contribution in [-0.4, -0.2) is 23.2 Å². The molecular formula is C19H14N2O2S. The monoisotopic (exact) mass is 334 g/mol. The van der Waals surface area contributed by atoms with Crippen LogP contribution < -0.4 is 5.32 Å². The smallest absolute Gasteiger partial charge is 0.281 e. The molecule has 0 bridgehead atoms. The fraction of sp³-hybridized carbons (Fsp3) is 0.105. The van der Waals surface area contributed by atoms with Crippen LogP contribution in [0.15, 0.2) is 48.5 Å². The Hall–Kier alpha value is -2.97. The number of thiazole rings is 1. The third-order valence-electron chi connectivity index (χ3n) is 3.35. The Bertz CT molecular complexity index is 929. The zero-order valence-electron chi connectivity index (χ0n) is 13.0. The van der Waals surface area contributed by atoms with Gasteiger partial charge < -0.3 is 5.32 Å². The molecule has 1 N–H and O–H groups in total. The molecule has 3 aromatic rings. The van der Waals surface area contributed by atoms with E-state index >= 15 is 0 Å². The lowest BCUT2D eigenvalue weighted by Crippen LogP contribution is -2.23. The third kappa shape index (κ3) is 3.67. The van der Waals surface area contributed by atoms with Crippen molar-refractivity contribution < 1.29 is 9.59 Å². The van der Waals surface area contributed by atoms with Gasteiger partial charge in [-0.1, -0.05) is 36.1 Å². The molecule has 118 valence electrons. The van der Waals surface area contributed by atoms with Gasteiger partial charge in [0.2, 0.25) is 0 Å². The molecule has 0 saturated heterocycles. The molecule has 0 unspecified atom stereocenters. The van der Waals surface area contributed by atoms with Crippen molar-refractivity contribution in [2.75, 3.05) is 6.54 Å². The highest BCUT2D eigenvalue weighted by atomic mass is 32.1. The summed E-state index contributed by atoms with van der Waals surface area (Å²) in [5, 5.41) is 3.18. The van der Waals surface area contributed by atoms with Crippen molar-refractivity contribution in [3.05, 3.63) is 64.7 Å². The number of ketones is 1. The van der Waals surface area contributed by atoms with Crippen molar-refractivity contribution in [3.8, 4) is 11.8 Å². The summed E-state index contributed by atoms with van der Waals surface area (Å²) in [6, 6.07) is 14.7. The summed E-state index contributed by atoms with van der Waals surface area (Å²) in [6.45, 7) is 1.77. The lowest BCUT2D eigenvalue weighted by molar-refractivity contribution is 0.0957. The summed E-state index contributed by atoms with van der Waals surface area (Å²) in [6.07, 6.45) is 0. The average molecular weight is 334 g/mol. The van der Waals surface area contributed by atoms with E-state index in [9.17, 15) is 9.59 Å². The Morgan fingerprint density at radius 1 is 1.12 bits per heavy atom. The van der Waals surface area contributed by atoms with Gasteiger partial charge in [-0.2, -0.15) is 0 Å². The van der Waals surface area contributed by atoms with Gasteiger partial charge in [0.25, 0.3) is 5.91 Å². The molecule has 3 rings (SSSR count). The molecule has 4 nitrogen and oxygen atoms in total. The quantitative estimate of drug-likeness (QED) is 0.591. The Morgan fingerprint density at radius 3 is 2.58 bits per heavy atom. The number of carbonyl (C=O) groups excluding carboxylic acids is 2. The Labute approximate surface area is 143 Å². The molecule has 0 aliphatic heterocycles. The van der Waals surface area contributed by atoms with Gasteiger partial charge in [0.15, 0.2) is 10.8 Å². The molecule has 1 aromatic heterocycles. The first kappa shape index (κ1) is 15.9. The number of hydrogen-bond donors (Lipinski definition) is 1. The molecule has 2 aromatic carbocycles. The summed E-state index contributed by atoms with van der Waals surface area (Å²) < 4.78 is 0.985. The molecule has 0 spiro atoms. The summed E-state index contributed by atoms with van der Waals surface area (Å²) in [5.74, 6) is 5.65. The summed E-state index contributed by atoms with van der Waals surface area (Å²) in [4.78, 5) is 27.6. The fourth-order valence-corrected chi connectivity index (χ4v) is 2.99. The van der Waals surface area contributed by atoms with Gasteiger partial charge in [-0.3, -0.25) is 9.59 Å². The van der Waals surface area contributed by atoms with Crippen molar-refractivity contribution in [3.63, 3.8) is 0 Å². The number of benzene rings is 2. The summed E-state index contributed by atoms with van der Waals surface area (Å²) >= 11 is 1.36. The molecule has 0 fully saturated rings. The van der Waals surface area contributed by atoms with E-state index in [1.807, 2.05) is 24.3 Å². The molecule has 0 aliphatic rings. The number of Topliss-reactive ketones (excluding diaryl/α,β-unsaturated/α-hetero) is 1. The van der Waals surface area contributed by atoms with Crippen LogP contribution in [0.2, 0.25) is 0 Å². The normalized spacial score (nSPS) is 10.0. The minimum atomic E-state index is -0.225. The highest BCUT2D eigenvalue weighted by molar-refractivity contribution is 7.20. The second kappa shape index (κ2) is 7.07. The second-order valence-corrected chi connectivity index (χ2v) is 6.14. The maximum atomic E-state index is 12.1. The topological polar surface area (TPSA) is 59.1 Å². The Kier molecular flexibility index (Phi) is 4.69. The molecule has 0 atom stereocenters. The van der Waals surface area contributed by atoms with E-state index < -0.39 is 0 Å². The number of para-hydroxylation sites is 1. The van der Waals surface area contributed by atoms with Crippen LogP contribution >= 0.6 is 11.3 Å². The first-order valence-corrected chi connectivity index (χ1v) is 8.19. The maximum Gasteiger partial charge on any atom is 0.281 e. The minimum Gasteiger partial charge on any atom is -0.339 e. The van der Waals surface area contributed by atoms with Crippen molar-refractivity contribution in [2.45, 2.75) is 6.92 Å². The molecule has 5 heteroatoms. The lowest BCUT2D eigenvalue weighted by atomic mass is 10.1. The van der Waals surface area contributed by atoms with Gasteiger partial charge >= 0.3 is 0 Å². The third-order valence-corrected chi connectivity index (χ3v) is 4.38. The van der Waals surface area contributed by atoms with Crippen LogP contribution in [0.5, 0.6) is 0 Å². The molecule has 24 heavy (non-hydrogen) atoms. The first-order chi connectivity index (χ1) is 11.6. The number of hydrogen-bond acceptors (Lipinski definition) is 4. The highest BCUT2D eigenvalue weighted by Crippen LogP contribution is 2.21.